The number of anilines is 1. The largest absolute Gasteiger partial charge is 0.489 e. The standard InChI is InChI=1S/C17H19FN2O3/c1-22-10-9-19-17(21)20-15-5-7-16(8-6-15)23-12-13-3-2-4-14(18)11-13/h2-8,11H,9-10,12H2,1H3,(H2,19,20,21). The minimum Gasteiger partial charge on any atom is -0.489 e. The van der Waals surface area contributed by atoms with Gasteiger partial charge in [-0.2, -0.15) is 0 Å². The Bertz CT molecular complexity index is 632. The summed E-state index contributed by atoms with van der Waals surface area (Å²) in [4.78, 5) is 11.6. The normalized spacial score (nSPS) is 10.2. The average Bonchev–Trinajstić information content (AvgIpc) is 2.54. The molecular weight excluding hydrogens is 299 g/mol. The van der Waals surface area contributed by atoms with E-state index in [4.69, 9.17) is 9.47 Å². The van der Waals surface area contributed by atoms with Crippen LogP contribution in [0.1, 0.15) is 5.56 Å². The Kier molecular flexibility index (Phi) is 6.38. The van der Waals surface area contributed by atoms with E-state index in [1.807, 2.05) is 0 Å². The highest BCUT2D eigenvalue weighted by Gasteiger charge is 2.02. The van der Waals surface area contributed by atoms with E-state index in [1.54, 1.807) is 43.5 Å². The van der Waals surface area contributed by atoms with Crippen molar-refractivity contribution in [3.8, 4) is 5.75 Å². The number of methoxy groups -OCH3 is 1. The Morgan fingerprint density at radius 2 is 1.96 bits per heavy atom. The van der Waals surface area contributed by atoms with Gasteiger partial charge in [0, 0.05) is 19.3 Å². The molecule has 0 saturated carbocycles. The highest BCUT2D eigenvalue weighted by Crippen LogP contribution is 2.17. The number of carbonyl (C=O) groups is 1. The number of nitrogens with one attached hydrogen (secondary N) is 2. The van der Waals surface area contributed by atoms with Crippen LogP contribution in [0.25, 0.3) is 0 Å². The Balaban J connectivity index is 1.81. The minimum atomic E-state index is -0.296. The van der Waals surface area contributed by atoms with Crippen molar-refractivity contribution in [1.82, 2.24) is 5.32 Å². The molecule has 122 valence electrons. The van der Waals surface area contributed by atoms with Gasteiger partial charge in [-0.1, -0.05) is 12.1 Å². The molecule has 0 aliphatic heterocycles. The molecule has 0 aliphatic carbocycles. The van der Waals surface area contributed by atoms with E-state index in [0.29, 0.717) is 24.6 Å². The highest BCUT2D eigenvalue weighted by atomic mass is 19.1. The third kappa shape index (κ3) is 5.96. The number of hydrogen-bond donors (Lipinski definition) is 2. The third-order valence-electron chi connectivity index (χ3n) is 3.00. The summed E-state index contributed by atoms with van der Waals surface area (Å²) < 4.78 is 23.5. The van der Waals surface area contributed by atoms with E-state index in [0.717, 1.165) is 5.56 Å². The molecule has 0 saturated heterocycles. The van der Waals surface area contributed by atoms with Crippen LogP contribution in [0.3, 0.4) is 0 Å². The fourth-order valence-corrected chi connectivity index (χ4v) is 1.87. The second-order valence-corrected chi connectivity index (χ2v) is 4.82. The first-order chi connectivity index (χ1) is 11.2. The fraction of sp³-hybridized carbons (Fsp3) is 0.235. The van der Waals surface area contributed by atoms with Crippen LogP contribution < -0.4 is 15.4 Å². The van der Waals surface area contributed by atoms with E-state index < -0.39 is 0 Å². The first-order valence-electron chi connectivity index (χ1n) is 7.18. The predicted octanol–water partition coefficient (Wildman–Crippen LogP) is 3.17. The molecule has 6 heteroatoms. The van der Waals surface area contributed by atoms with Gasteiger partial charge in [0.2, 0.25) is 0 Å². The zero-order valence-corrected chi connectivity index (χ0v) is 12.8. The first kappa shape index (κ1) is 16.8. The lowest BCUT2D eigenvalue weighted by Gasteiger charge is -2.09. The SMILES string of the molecule is COCCNC(=O)Nc1ccc(OCc2cccc(F)c2)cc1. The van der Waals surface area contributed by atoms with Crippen LogP contribution in [0.2, 0.25) is 0 Å². The van der Waals surface area contributed by atoms with Gasteiger partial charge in [-0.15, -0.1) is 0 Å². The van der Waals surface area contributed by atoms with Crippen molar-refractivity contribution >= 4 is 11.7 Å². The second-order valence-electron chi connectivity index (χ2n) is 4.82. The summed E-state index contributed by atoms with van der Waals surface area (Å²) in [6.07, 6.45) is 0. The molecule has 0 aliphatic rings. The van der Waals surface area contributed by atoms with Crippen LogP contribution in [0, 0.1) is 5.82 Å². The van der Waals surface area contributed by atoms with Crippen molar-refractivity contribution in [2.75, 3.05) is 25.6 Å². The van der Waals surface area contributed by atoms with Crippen LogP contribution in [0.4, 0.5) is 14.9 Å². The lowest BCUT2D eigenvalue weighted by Crippen LogP contribution is -2.31. The molecule has 0 radical (unpaired) electrons. The van der Waals surface area contributed by atoms with Gasteiger partial charge < -0.3 is 20.1 Å². The van der Waals surface area contributed by atoms with Crippen LogP contribution in [-0.2, 0) is 11.3 Å². The van der Waals surface area contributed by atoms with Gasteiger partial charge in [0.1, 0.15) is 18.2 Å². The summed E-state index contributed by atoms with van der Waals surface area (Å²) in [7, 11) is 1.57. The number of halogens is 1. The molecule has 0 spiro atoms. The number of carbonyl (C=O) groups excluding carboxylic acids is 1. The summed E-state index contributed by atoms with van der Waals surface area (Å²) in [6.45, 7) is 1.18. The van der Waals surface area contributed by atoms with E-state index in [9.17, 15) is 9.18 Å². The summed E-state index contributed by atoms with van der Waals surface area (Å²) in [5.74, 6) is 0.352. The zero-order valence-electron chi connectivity index (χ0n) is 12.8. The van der Waals surface area contributed by atoms with Gasteiger partial charge in [-0.05, 0) is 42.0 Å². The van der Waals surface area contributed by atoms with Crippen molar-refractivity contribution < 1.29 is 18.7 Å². The number of amides is 2. The van der Waals surface area contributed by atoms with E-state index in [-0.39, 0.29) is 18.5 Å². The van der Waals surface area contributed by atoms with Crippen LogP contribution >= 0.6 is 0 Å². The van der Waals surface area contributed by atoms with E-state index in [2.05, 4.69) is 10.6 Å². The van der Waals surface area contributed by atoms with Gasteiger partial charge in [0.25, 0.3) is 0 Å². The van der Waals surface area contributed by atoms with Crippen molar-refractivity contribution in [2.24, 2.45) is 0 Å². The lowest BCUT2D eigenvalue weighted by molar-refractivity contribution is 0.198. The molecule has 0 heterocycles. The maximum absolute atomic E-state index is 13.1. The van der Waals surface area contributed by atoms with Crippen molar-refractivity contribution in [1.29, 1.82) is 0 Å². The molecule has 0 fully saturated rings. The maximum atomic E-state index is 13.1. The Morgan fingerprint density at radius 1 is 1.17 bits per heavy atom. The van der Waals surface area contributed by atoms with Gasteiger partial charge in [-0.3, -0.25) is 0 Å². The van der Waals surface area contributed by atoms with E-state index in [1.165, 1.54) is 12.1 Å². The number of benzene rings is 2. The molecule has 0 unspecified atom stereocenters. The van der Waals surface area contributed by atoms with Gasteiger partial charge in [0.15, 0.2) is 0 Å². The molecule has 2 amide bonds. The lowest BCUT2D eigenvalue weighted by atomic mass is 10.2. The van der Waals surface area contributed by atoms with Crippen LogP contribution in [0.5, 0.6) is 5.75 Å². The van der Waals surface area contributed by atoms with Crippen molar-refractivity contribution in [2.45, 2.75) is 6.61 Å². The summed E-state index contributed by atoms with van der Waals surface area (Å²) in [5, 5.41) is 5.36. The van der Waals surface area contributed by atoms with Crippen molar-refractivity contribution in [3.05, 3.63) is 59.9 Å². The van der Waals surface area contributed by atoms with Crippen LogP contribution in [-0.4, -0.2) is 26.3 Å². The molecule has 2 aromatic carbocycles. The van der Waals surface area contributed by atoms with Gasteiger partial charge in [0.05, 0.1) is 6.61 Å². The van der Waals surface area contributed by atoms with Gasteiger partial charge >= 0.3 is 6.03 Å². The second kappa shape index (κ2) is 8.75. The molecular formula is C17H19FN2O3. The number of urea groups is 1. The van der Waals surface area contributed by atoms with Crippen molar-refractivity contribution in [3.63, 3.8) is 0 Å². The summed E-state index contributed by atoms with van der Waals surface area (Å²) >= 11 is 0. The minimum absolute atomic E-state index is 0.280. The first-order valence-corrected chi connectivity index (χ1v) is 7.18. The molecule has 2 aromatic rings. The quantitative estimate of drug-likeness (QED) is 0.771. The molecule has 23 heavy (non-hydrogen) atoms. The summed E-state index contributed by atoms with van der Waals surface area (Å²) in [5.41, 5.74) is 1.41. The molecule has 0 bridgehead atoms. The topological polar surface area (TPSA) is 59.6 Å². The predicted molar refractivity (Wildman–Crippen MR) is 86.1 cm³/mol. The Labute approximate surface area is 134 Å². The number of hydrogen-bond acceptors (Lipinski definition) is 3. The molecule has 2 N–H and O–H groups in total. The molecule has 0 aromatic heterocycles. The highest BCUT2D eigenvalue weighted by molar-refractivity contribution is 5.89. The maximum Gasteiger partial charge on any atom is 0.319 e. The Morgan fingerprint density at radius 3 is 2.65 bits per heavy atom. The number of rotatable bonds is 7. The molecule has 2 rings (SSSR count). The number of ether oxygens (including phenoxy) is 2. The molecule has 0 atom stereocenters. The third-order valence-corrected chi connectivity index (χ3v) is 3.00. The Hall–Kier alpha value is -2.60. The van der Waals surface area contributed by atoms with E-state index >= 15 is 0 Å². The monoisotopic (exact) mass is 318 g/mol. The smallest absolute Gasteiger partial charge is 0.319 e. The fourth-order valence-electron chi connectivity index (χ4n) is 1.87. The summed E-state index contributed by atoms with van der Waals surface area (Å²) in [6, 6.07) is 12.9. The average molecular weight is 318 g/mol. The van der Waals surface area contributed by atoms with Gasteiger partial charge in [-0.25, -0.2) is 9.18 Å². The zero-order chi connectivity index (χ0) is 16.5. The molecule has 5 nitrogen and oxygen atoms in total. The van der Waals surface area contributed by atoms with Crippen LogP contribution in [0.15, 0.2) is 48.5 Å².